The Balaban J connectivity index is 2.01. The number of nitrogens with one attached hydrogen (secondary N) is 2. The molecule has 1 amide bonds. The third kappa shape index (κ3) is 3.35. The Morgan fingerprint density at radius 1 is 1.39 bits per heavy atom. The van der Waals surface area contributed by atoms with E-state index in [9.17, 15) is 13.6 Å². The molecule has 2 aromatic heterocycles. The zero-order valence-corrected chi connectivity index (χ0v) is 16.6. The number of fused-ring (bicyclic) bond motifs is 3. The molecule has 2 N–H and O–H groups in total. The van der Waals surface area contributed by atoms with Gasteiger partial charge < -0.3 is 10.3 Å². The van der Waals surface area contributed by atoms with E-state index >= 15 is 0 Å². The van der Waals surface area contributed by atoms with Crippen LogP contribution in [0.15, 0.2) is 12.3 Å². The minimum Gasteiger partial charge on any atom is -0.357 e. The molecule has 0 saturated heterocycles. The summed E-state index contributed by atoms with van der Waals surface area (Å²) in [5, 5.41) is 12.4. The average molecular weight is 428 g/mol. The summed E-state index contributed by atoms with van der Waals surface area (Å²) in [4.78, 5) is 16.9. The lowest BCUT2D eigenvalue weighted by atomic mass is 9.93. The Kier molecular flexibility index (Phi) is 4.58. The highest BCUT2D eigenvalue weighted by Gasteiger charge is 2.34. The standard InChI is InChI=1S/C18H17Cl2F2N5O/c1-18(21,22)5-8-6-23-13(28)4-10-14-9(12-7-24-27(2)26-12)3-11(19)15(20)17(14)25-16(8)10/h3,7-8,25H,4-6H2,1-2H3,(H,23,28). The molecule has 1 aliphatic heterocycles. The molecule has 3 aromatic rings. The lowest BCUT2D eigenvalue weighted by Crippen LogP contribution is -2.28. The van der Waals surface area contributed by atoms with E-state index in [2.05, 4.69) is 20.5 Å². The minimum absolute atomic E-state index is 0.0480. The second-order valence-corrected chi connectivity index (χ2v) is 7.94. The smallest absolute Gasteiger partial charge is 0.246 e. The first-order chi connectivity index (χ1) is 13.1. The van der Waals surface area contributed by atoms with Gasteiger partial charge in [-0.1, -0.05) is 23.2 Å². The van der Waals surface area contributed by atoms with E-state index in [1.807, 2.05) is 0 Å². The van der Waals surface area contributed by atoms with E-state index in [1.54, 1.807) is 19.3 Å². The van der Waals surface area contributed by atoms with E-state index in [4.69, 9.17) is 23.2 Å². The van der Waals surface area contributed by atoms with Crippen molar-refractivity contribution in [1.82, 2.24) is 25.3 Å². The maximum atomic E-state index is 13.8. The largest absolute Gasteiger partial charge is 0.357 e. The first kappa shape index (κ1) is 19.1. The number of alkyl halides is 2. The molecule has 0 radical (unpaired) electrons. The Morgan fingerprint density at radius 2 is 2.14 bits per heavy atom. The van der Waals surface area contributed by atoms with Crippen molar-refractivity contribution in [3.05, 3.63) is 33.6 Å². The van der Waals surface area contributed by atoms with Gasteiger partial charge in [-0.25, -0.2) is 8.78 Å². The Labute approximate surface area is 169 Å². The molecule has 3 heterocycles. The van der Waals surface area contributed by atoms with Gasteiger partial charge in [0, 0.05) is 42.6 Å². The third-order valence-electron chi connectivity index (χ3n) is 4.88. The Morgan fingerprint density at radius 3 is 2.79 bits per heavy atom. The lowest BCUT2D eigenvalue weighted by Gasteiger charge is -2.19. The highest BCUT2D eigenvalue weighted by Crippen LogP contribution is 2.43. The van der Waals surface area contributed by atoms with Crippen LogP contribution in [-0.4, -0.2) is 38.4 Å². The summed E-state index contributed by atoms with van der Waals surface area (Å²) in [5.41, 5.74) is 2.92. The maximum absolute atomic E-state index is 13.8. The van der Waals surface area contributed by atoms with E-state index in [0.717, 1.165) is 6.92 Å². The molecule has 4 rings (SSSR count). The number of hydrogen-bond donors (Lipinski definition) is 2. The van der Waals surface area contributed by atoms with Crippen LogP contribution < -0.4 is 5.32 Å². The molecule has 148 valence electrons. The molecule has 0 spiro atoms. The highest BCUT2D eigenvalue weighted by molar-refractivity contribution is 6.45. The quantitative estimate of drug-likeness (QED) is 0.661. The van der Waals surface area contributed by atoms with Crippen LogP contribution in [0.4, 0.5) is 8.78 Å². The fourth-order valence-corrected chi connectivity index (χ4v) is 4.17. The maximum Gasteiger partial charge on any atom is 0.246 e. The molecule has 0 saturated carbocycles. The van der Waals surface area contributed by atoms with Gasteiger partial charge in [0.1, 0.15) is 5.69 Å². The number of benzene rings is 1. The van der Waals surface area contributed by atoms with Crippen molar-refractivity contribution in [2.75, 3.05) is 6.54 Å². The Bertz CT molecular complexity index is 1090. The number of H-pyrrole nitrogens is 1. The predicted molar refractivity (Wildman–Crippen MR) is 103 cm³/mol. The summed E-state index contributed by atoms with van der Waals surface area (Å²) < 4.78 is 27.6. The first-order valence-electron chi connectivity index (χ1n) is 8.67. The fraction of sp³-hybridized carbons (Fsp3) is 0.389. The fourth-order valence-electron chi connectivity index (χ4n) is 3.77. The summed E-state index contributed by atoms with van der Waals surface area (Å²) in [5.74, 6) is -3.71. The summed E-state index contributed by atoms with van der Waals surface area (Å²) >= 11 is 12.7. The number of rotatable bonds is 3. The number of amides is 1. The monoisotopic (exact) mass is 427 g/mol. The molecule has 0 fully saturated rings. The SMILES string of the molecule is Cn1ncc(-c2cc(Cl)c(Cl)c3[nH]c4c(c23)CC(=O)NCC4CC(C)(F)F)n1. The van der Waals surface area contributed by atoms with Crippen LogP contribution in [0.1, 0.15) is 30.5 Å². The van der Waals surface area contributed by atoms with Gasteiger partial charge in [0.2, 0.25) is 11.8 Å². The normalized spacial score (nSPS) is 17.5. The summed E-state index contributed by atoms with van der Waals surface area (Å²) in [6, 6.07) is 1.66. The molecule has 1 aromatic carbocycles. The van der Waals surface area contributed by atoms with Crippen molar-refractivity contribution >= 4 is 40.0 Å². The van der Waals surface area contributed by atoms with Crippen LogP contribution in [0.5, 0.6) is 0 Å². The molecule has 1 atom stereocenters. The van der Waals surface area contributed by atoms with Gasteiger partial charge in [0.25, 0.3) is 0 Å². The number of nitrogens with zero attached hydrogens (tertiary/aromatic N) is 3. The molecule has 28 heavy (non-hydrogen) atoms. The van der Waals surface area contributed by atoms with Crippen molar-refractivity contribution in [1.29, 1.82) is 0 Å². The predicted octanol–water partition coefficient (Wildman–Crippen LogP) is 4.07. The molecule has 10 heteroatoms. The zero-order valence-electron chi connectivity index (χ0n) is 15.1. The molecule has 1 aliphatic rings. The number of halogens is 4. The van der Waals surface area contributed by atoms with E-state index < -0.39 is 18.3 Å². The van der Waals surface area contributed by atoms with Crippen LogP contribution in [-0.2, 0) is 18.3 Å². The van der Waals surface area contributed by atoms with Crippen LogP contribution >= 0.6 is 23.2 Å². The van der Waals surface area contributed by atoms with Gasteiger partial charge in [0.05, 0.1) is 28.2 Å². The van der Waals surface area contributed by atoms with E-state index in [0.29, 0.717) is 38.4 Å². The minimum atomic E-state index is -2.89. The van der Waals surface area contributed by atoms with Crippen LogP contribution in [0.25, 0.3) is 22.2 Å². The highest BCUT2D eigenvalue weighted by atomic mass is 35.5. The topological polar surface area (TPSA) is 75.6 Å². The summed E-state index contributed by atoms with van der Waals surface area (Å²) in [6.45, 7) is 0.991. The number of carbonyl (C=O) groups is 1. The van der Waals surface area contributed by atoms with E-state index in [1.165, 1.54) is 4.80 Å². The van der Waals surface area contributed by atoms with Gasteiger partial charge >= 0.3 is 0 Å². The van der Waals surface area contributed by atoms with Crippen molar-refractivity contribution < 1.29 is 13.6 Å². The molecule has 0 bridgehead atoms. The summed E-state index contributed by atoms with van der Waals surface area (Å²) in [7, 11) is 1.68. The summed E-state index contributed by atoms with van der Waals surface area (Å²) in [6.07, 6.45) is 1.22. The number of carbonyl (C=O) groups excluding carboxylic acids is 1. The van der Waals surface area contributed by atoms with E-state index in [-0.39, 0.29) is 23.9 Å². The van der Waals surface area contributed by atoms with Gasteiger partial charge in [-0.15, -0.1) is 0 Å². The van der Waals surface area contributed by atoms with Crippen LogP contribution in [0.2, 0.25) is 10.0 Å². The average Bonchev–Trinajstić information content (AvgIpc) is 3.15. The zero-order chi connectivity index (χ0) is 20.2. The van der Waals surface area contributed by atoms with Crippen molar-refractivity contribution in [2.24, 2.45) is 7.05 Å². The van der Waals surface area contributed by atoms with Gasteiger partial charge in [-0.2, -0.15) is 15.0 Å². The van der Waals surface area contributed by atoms with Gasteiger partial charge in [-0.05, 0) is 18.6 Å². The van der Waals surface area contributed by atoms with Gasteiger partial charge in [0.15, 0.2) is 0 Å². The Hall–Kier alpha value is -2.19. The lowest BCUT2D eigenvalue weighted by molar-refractivity contribution is -0.120. The number of hydrogen-bond acceptors (Lipinski definition) is 3. The second kappa shape index (κ2) is 6.70. The van der Waals surface area contributed by atoms with Crippen LogP contribution in [0.3, 0.4) is 0 Å². The van der Waals surface area contributed by atoms with Crippen molar-refractivity contribution in [3.63, 3.8) is 0 Å². The second-order valence-electron chi connectivity index (χ2n) is 7.16. The molecular formula is C18H17Cl2F2N5O. The molecular weight excluding hydrogens is 411 g/mol. The number of aromatic amines is 1. The van der Waals surface area contributed by atoms with Crippen LogP contribution in [0, 0.1) is 0 Å². The van der Waals surface area contributed by atoms with Gasteiger partial charge in [-0.3, -0.25) is 4.79 Å². The van der Waals surface area contributed by atoms with Crippen molar-refractivity contribution in [2.45, 2.75) is 31.6 Å². The number of aromatic nitrogens is 4. The molecule has 6 nitrogen and oxygen atoms in total. The third-order valence-corrected chi connectivity index (χ3v) is 5.67. The van der Waals surface area contributed by atoms with Crippen molar-refractivity contribution in [3.8, 4) is 11.3 Å². The molecule has 0 aliphatic carbocycles. The number of aryl methyl sites for hydroxylation is 1. The first-order valence-corrected chi connectivity index (χ1v) is 9.43. The molecule has 1 unspecified atom stereocenters.